The average Bonchev–Trinajstić information content (AvgIpc) is 2.87. The maximum atomic E-state index is 11.2. The Hall–Kier alpha value is -2.22. The van der Waals surface area contributed by atoms with Crippen molar-refractivity contribution >= 4 is 41.1 Å². The van der Waals surface area contributed by atoms with Gasteiger partial charge in [-0.3, -0.25) is 4.79 Å². The second-order valence-corrected chi connectivity index (χ2v) is 11.8. The first-order valence-electron chi connectivity index (χ1n) is 11.9. The zero-order valence-corrected chi connectivity index (χ0v) is 24.0. The Morgan fingerprint density at radius 1 is 0.889 bits per heavy atom. The molecule has 0 aliphatic heterocycles. The van der Waals surface area contributed by atoms with Gasteiger partial charge in [0, 0.05) is 34.9 Å². The molecule has 2 heterocycles. The van der Waals surface area contributed by atoms with Crippen molar-refractivity contribution < 1.29 is 14.3 Å². The number of nitrogens with zero attached hydrogens (tertiary/aromatic N) is 2. The van der Waals surface area contributed by atoms with Crippen LogP contribution in [0, 0.1) is 0 Å². The summed E-state index contributed by atoms with van der Waals surface area (Å²) in [6.07, 6.45) is 4.68. The predicted octanol–water partition coefficient (Wildman–Crippen LogP) is 7.59. The number of carbonyl (C=O) groups is 1. The first-order valence-corrected chi connectivity index (χ1v) is 14.2. The monoisotopic (exact) mass is 546 g/mol. The van der Waals surface area contributed by atoms with E-state index in [2.05, 4.69) is 42.4 Å². The number of aromatic nitrogens is 2. The number of esters is 1. The van der Waals surface area contributed by atoms with Crippen molar-refractivity contribution in [3.05, 3.63) is 77.6 Å². The standard InChI is InChI=1S/C19H23NO3S.C9H12ClNS/c1-14(2)24-19-16(5-4-12-20-19)13-23-17-9-6-15(7-10-17)8-11-18(21)22-3;1-7(2)12-9-8(6-10)4-3-5-11-9/h4-7,9-10,12,14H,8,11,13H2,1-3H3;3-5,7H,6H2,1-2H3. The van der Waals surface area contributed by atoms with E-state index >= 15 is 0 Å². The number of ether oxygens (including phenoxy) is 2. The molecule has 36 heavy (non-hydrogen) atoms. The van der Waals surface area contributed by atoms with E-state index in [0.29, 0.717) is 35.8 Å². The number of hydrogen-bond acceptors (Lipinski definition) is 7. The maximum absolute atomic E-state index is 11.2. The van der Waals surface area contributed by atoms with Crippen molar-refractivity contribution in [1.82, 2.24) is 9.97 Å². The number of alkyl halides is 1. The van der Waals surface area contributed by atoms with Crippen LogP contribution >= 0.6 is 35.1 Å². The zero-order chi connectivity index (χ0) is 26.3. The minimum absolute atomic E-state index is 0.193. The van der Waals surface area contributed by atoms with Crippen LogP contribution in [0.25, 0.3) is 0 Å². The van der Waals surface area contributed by atoms with E-state index in [9.17, 15) is 4.79 Å². The summed E-state index contributed by atoms with van der Waals surface area (Å²) in [6.45, 7) is 9.09. The lowest BCUT2D eigenvalue weighted by Crippen LogP contribution is -2.02. The Labute approximate surface area is 228 Å². The van der Waals surface area contributed by atoms with Crippen LogP contribution in [0.5, 0.6) is 5.75 Å². The summed E-state index contributed by atoms with van der Waals surface area (Å²) in [6, 6.07) is 15.7. The molecule has 3 aromatic rings. The van der Waals surface area contributed by atoms with Crippen LogP contribution in [0.3, 0.4) is 0 Å². The summed E-state index contributed by atoms with van der Waals surface area (Å²) in [5.74, 6) is 1.16. The summed E-state index contributed by atoms with van der Waals surface area (Å²) < 4.78 is 10.5. The summed E-state index contributed by atoms with van der Waals surface area (Å²) in [4.78, 5) is 19.9. The summed E-state index contributed by atoms with van der Waals surface area (Å²) in [5.41, 5.74) is 3.30. The number of rotatable bonds is 11. The van der Waals surface area contributed by atoms with Crippen LogP contribution in [0.15, 0.2) is 71.0 Å². The van der Waals surface area contributed by atoms with Gasteiger partial charge in [0.05, 0.1) is 13.0 Å². The normalized spacial score (nSPS) is 10.7. The molecule has 0 radical (unpaired) electrons. The Morgan fingerprint density at radius 3 is 1.97 bits per heavy atom. The molecule has 0 aliphatic carbocycles. The fraction of sp³-hybridized carbons (Fsp3) is 0.393. The second-order valence-electron chi connectivity index (χ2n) is 8.41. The van der Waals surface area contributed by atoms with E-state index in [-0.39, 0.29) is 5.97 Å². The average molecular weight is 547 g/mol. The number of aryl methyl sites for hydroxylation is 1. The van der Waals surface area contributed by atoms with Crippen LogP contribution in [0.2, 0.25) is 0 Å². The Balaban J connectivity index is 0.000000319. The first-order chi connectivity index (χ1) is 17.3. The highest BCUT2D eigenvalue weighted by atomic mass is 35.5. The SMILES string of the molecule is CC(C)Sc1ncccc1CCl.COC(=O)CCc1ccc(OCc2cccnc2SC(C)C)cc1. The molecular formula is C28H35ClN2O3S2. The molecular weight excluding hydrogens is 512 g/mol. The second kappa shape index (κ2) is 16.5. The first kappa shape index (κ1) is 30.0. The fourth-order valence-electron chi connectivity index (χ4n) is 2.98. The third-order valence-electron chi connectivity index (χ3n) is 4.70. The predicted molar refractivity (Wildman–Crippen MR) is 151 cm³/mol. The van der Waals surface area contributed by atoms with Gasteiger partial charge in [-0.15, -0.1) is 35.1 Å². The number of thioether (sulfide) groups is 2. The van der Waals surface area contributed by atoms with E-state index in [1.54, 1.807) is 29.7 Å². The van der Waals surface area contributed by atoms with Gasteiger partial charge in [-0.05, 0) is 41.8 Å². The molecule has 0 spiro atoms. The van der Waals surface area contributed by atoms with Crippen molar-refractivity contribution in [1.29, 1.82) is 0 Å². The van der Waals surface area contributed by atoms with Crippen molar-refractivity contribution in [3.63, 3.8) is 0 Å². The van der Waals surface area contributed by atoms with Gasteiger partial charge in [0.15, 0.2) is 0 Å². The Morgan fingerprint density at radius 2 is 1.44 bits per heavy atom. The van der Waals surface area contributed by atoms with Crippen molar-refractivity contribution in [3.8, 4) is 5.75 Å². The van der Waals surface area contributed by atoms with Gasteiger partial charge in [-0.2, -0.15) is 0 Å². The van der Waals surface area contributed by atoms with Crippen LogP contribution in [-0.2, 0) is 28.4 Å². The number of carbonyl (C=O) groups excluding carboxylic acids is 1. The number of pyridine rings is 2. The maximum Gasteiger partial charge on any atom is 0.305 e. The quantitative estimate of drug-likeness (QED) is 0.139. The Kier molecular flexibility index (Phi) is 13.8. The molecule has 5 nitrogen and oxygen atoms in total. The molecule has 0 amide bonds. The highest BCUT2D eigenvalue weighted by molar-refractivity contribution is 8.00. The molecule has 0 atom stereocenters. The van der Waals surface area contributed by atoms with Crippen LogP contribution in [0.4, 0.5) is 0 Å². The smallest absolute Gasteiger partial charge is 0.305 e. The van der Waals surface area contributed by atoms with Crippen molar-refractivity contribution in [2.45, 2.75) is 73.6 Å². The molecule has 1 aromatic carbocycles. The van der Waals surface area contributed by atoms with E-state index in [4.69, 9.17) is 16.3 Å². The van der Waals surface area contributed by atoms with Gasteiger partial charge in [0.2, 0.25) is 0 Å². The lowest BCUT2D eigenvalue weighted by Gasteiger charge is -2.11. The largest absolute Gasteiger partial charge is 0.489 e. The third-order valence-corrected chi connectivity index (χ3v) is 7.11. The number of halogens is 1. The highest BCUT2D eigenvalue weighted by Crippen LogP contribution is 2.26. The number of methoxy groups -OCH3 is 1. The van der Waals surface area contributed by atoms with E-state index < -0.39 is 0 Å². The highest BCUT2D eigenvalue weighted by Gasteiger charge is 2.08. The molecule has 0 saturated carbocycles. The van der Waals surface area contributed by atoms with Gasteiger partial charge in [0.25, 0.3) is 0 Å². The van der Waals surface area contributed by atoms with Crippen LogP contribution in [-0.4, -0.2) is 33.5 Å². The third kappa shape index (κ3) is 11.2. The lowest BCUT2D eigenvalue weighted by atomic mass is 10.1. The minimum atomic E-state index is -0.193. The molecule has 194 valence electrons. The van der Waals surface area contributed by atoms with Crippen molar-refractivity contribution in [2.75, 3.05) is 7.11 Å². The van der Waals surface area contributed by atoms with Gasteiger partial charge >= 0.3 is 5.97 Å². The molecule has 8 heteroatoms. The van der Waals surface area contributed by atoms with Gasteiger partial charge in [0.1, 0.15) is 22.4 Å². The van der Waals surface area contributed by atoms with Gasteiger partial charge in [-0.1, -0.05) is 52.0 Å². The van der Waals surface area contributed by atoms with E-state index in [0.717, 1.165) is 32.5 Å². The molecule has 0 saturated heterocycles. The number of benzene rings is 1. The van der Waals surface area contributed by atoms with Gasteiger partial charge < -0.3 is 9.47 Å². The van der Waals surface area contributed by atoms with Crippen LogP contribution < -0.4 is 4.74 Å². The van der Waals surface area contributed by atoms with Gasteiger partial charge in [-0.25, -0.2) is 9.97 Å². The molecule has 0 aliphatic rings. The molecule has 0 fully saturated rings. The van der Waals surface area contributed by atoms with Crippen molar-refractivity contribution in [2.24, 2.45) is 0 Å². The minimum Gasteiger partial charge on any atom is -0.489 e. The molecule has 2 aromatic heterocycles. The zero-order valence-electron chi connectivity index (χ0n) is 21.6. The summed E-state index contributed by atoms with van der Waals surface area (Å²) in [7, 11) is 1.41. The Bertz CT molecular complexity index is 1060. The fourth-order valence-corrected chi connectivity index (χ4v) is 4.98. The molecule has 0 N–H and O–H groups in total. The summed E-state index contributed by atoms with van der Waals surface area (Å²) >= 11 is 9.26. The van der Waals surface area contributed by atoms with E-state index in [1.807, 2.05) is 54.7 Å². The lowest BCUT2D eigenvalue weighted by molar-refractivity contribution is -0.140. The van der Waals surface area contributed by atoms with E-state index in [1.165, 1.54) is 7.11 Å². The molecule has 3 rings (SSSR count). The topological polar surface area (TPSA) is 61.3 Å². The summed E-state index contributed by atoms with van der Waals surface area (Å²) in [5, 5.41) is 3.11. The molecule has 0 bridgehead atoms. The number of hydrogen-bond donors (Lipinski definition) is 0. The molecule has 0 unspecified atom stereocenters. The van der Waals surface area contributed by atoms with Crippen LogP contribution in [0.1, 0.15) is 50.8 Å².